The lowest BCUT2D eigenvalue weighted by Gasteiger charge is -2.22. The van der Waals surface area contributed by atoms with Crippen LogP contribution >= 0.6 is 63.9 Å². The minimum absolute atomic E-state index is 0.269. The predicted octanol–water partition coefficient (Wildman–Crippen LogP) is 4.91. The Morgan fingerprint density at radius 2 is 2.00 bits per heavy atom. The number of ether oxygens (including phenoxy) is 1. The lowest BCUT2D eigenvalue weighted by atomic mass is 10.1. The van der Waals surface area contributed by atoms with E-state index in [0.29, 0.717) is 17.4 Å². The summed E-state index contributed by atoms with van der Waals surface area (Å²) in [6.07, 6.45) is 0.307. The molecule has 0 saturated heterocycles. The second-order valence-corrected chi connectivity index (χ2v) is 9.12. The summed E-state index contributed by atoms with van der Waals surface area (Å²) in [5.74, 6) is 0.818. The zero-order chi connectivity index (χ0) is 16.7. The maximum absolute atomic E-state index is 10.1. The van der Waals surface area contributed by atoms with Crippen LogP contribution in [0.2, 0.25) is 0 Å². The predicted molar refractivity (Wildman–Crippen MR) is 107 cm³/mol. The van der Waals surface area contributed by atoms with E-state index in [4.69, 9.17) is 4.74 Å². The number of halogens is 4. The molecule has 126 valence electrons. The van der Waals surface area contributed by atoms with Gasteiger partial charge in [-0.2, -0.15) is 0 Å². The molecule has 1 rings (SSSR count). The van der Waals surface area contributed by atoms with Gasteiger partial charge in [-0.1, -0.05) is 47.8 Å². The third-order valence-corrected chi connectivity index (χ3v) is 6.91. The van der Waals surface area contributed by atoms with Crippen molar-refractivity contribution in [3.63, 3.8) is 0 Å². The minimum atomic E-state index is -0.547. The summed E-state index contributed by atoms with van der Waals surface area (Å²) in [6.45, 7) is 4.91. The molecule has 0 spiro atoms. The Labute approximate surface area is 166 Å². The van der Waals surface area contributed by atoms with Crippen LogP contribution in [-0.4, -0.2) is 44.5 Å². The van der Waals surface area contributed by atoms with Gasteiger partial charge in [0.25, 0.3) is 0 Å². The number of alkyl halides is 2. The van der Waals surface area contributed by atoms with Gasteiger partial charge >= 0.3 is 0 Å². The summed E-state index contributed by atoms with van der Waals surface area (Å²) in [6, 6.07) is 6.27. The number of rotatable bonds is 9. The molecule has 0 aliphatic carbocycles. The van der Waals surface area contributed by atoms with Crippen LogP contribution in [0, 0.1) is 0 Å². The highest BCUT2D eigenvalue weighted by atomic mass is 79.9. The second kappa shape index (κ2) is 10.7. The monoisotopic (exact) mass is 563 g/mol. The van der Waals surface area contributed by atoms with Crippen LogP contribution in [0.5, 0.6) is 5.75 Å². The van der Waals surface area contributed by atoms with Crippen LogP contribution in [-0.2, 0) is 6.42 Å². The first kappa shape index (κ1) is 20.9. The number of hydrogen-bond acceptors (Lipinski definition) is 3. The van der Waals surface area contributed by atoms with Crippen LogP contribution in [0.4, 0.5) is 0 Å². The molecule has 0 aliphatic rings. The highest BCUT2D eigenvalue weighted by molar-refractivity contribution is 9.12. The highest BCUT2D eigenvalue weighted by Crippen LogP contribution is 2.26. The topological polar surface area (TPSA) is 32.7 Å². The smallest absolute Gasteiger partial charge is 0.122 e. The summed E-state index contributed by atoms with van der Waals surface area (Å²) in [7, 11) is 0. The van der Waals surface area contributed by atoms with Crippen molar-refractivity contribution < 1.29 is 9.84 Å². The van der Waals surface area contributed by atoms with Gasteiger partial charge < -0.3 is 9.84 Å². The van der Waals surface area contributed by atoms with Crippen LogP contribution < -0.4 is 4.74 Å². The second-order valence-electron chi connectivity index (χ2n) is 5.35. The first-order valence-corrected chi connectivity index (χ1v) is 10.6. The van der Waals surface area contributed by atoms with Crippen LogP contribution in [0.1, 0.15) is 19.4 Å². The zero-order valence-corrected chi connectivity index (χ0v) is 19.0. The molecule has 1 aromatic rings. The third-order valence-electron chi connectivity index (χ3n) is 3.01. The van der Waals surface area contributed by atoms with Gasteiger partial charge in [-0.15, -0.1) is 0 Å². The molecular weight excluding hydrogens is 546 g/mol. The summed E-state index contributed by atoms with van der Waals surface area (Å²) in [5.41, 5.74) is 1.11. The van der Waals surface area contributed by atoms with Crippen molar-refractivity contribution >= 4 is 63.9 Å². The van der Waals surface area contributed by atoms with Crippen molar-refractivity contribution in [3.8, 4) is 5.75 Å². The average molecular weight is 567 g/mol. The van der Waals surface area contributed by atoms with Gasteiger partial charge in [0, 0.05) is 43.4 Å². The number of aliphatic hydroxyl groups is 1. The Balaban J connectivity index is 2.64. The maximum Gasteiger partial charge on any atom is 0.122 e. The molecule has 2 unspecified atom stereocenters. The van der Waals surface area contributed by atoms with Crippen molar-refractivity contribution in [1.82, 2.24) is 3.93 Å². The van der Waals surface area contributed by atoms with Crippen LogP contribution in [0.25, 0.3) is 0 Å². The van der Waals surface area contributed by atoms with Gasteiger partial charge in [-0.25, -0.2) is 3.93 Å². The van der Waals surface area contributed by atoms with Gasteiger partial charge in [0.2, 0.25) is 0 Å². The minimum Gasteiger partial charge on any atom is -0.491 e. The summed E-state index contributed by atoms with van der Waals surface area (Å²) in [5, 5.41) is 11.0. The molecule has 0 bridgehead atoms. The molecule has 0 aromatic heterocycles. The zero-order valence-electron chi connectivity index (χ0n) is 12.6. The molecule has 3 nitrogen and oxygen atoms in total. The lowest BCUT2D eigenvalue weighted by Crippen LogP contribution is -2.33. The summed E-state index contributed by atoms with van der Waals surface area (Å²) >= 11 is 14.0. The van der Waals surface area contributed by atoms with Gasteiger partial charge in [0.15, 0.2) is 0 Å². The largest absolute Gasteiger partial charge is 0.491 e. The molecule has 0 amide bonds. The number of aliphatic hydroxyl groups excluding tert-OH is 1. The third kappa shape index (κ3) is 7.62. The Morgan fingerprint density at radius 3 is 2.59 bits per heavy atom. The van der Waals surface area contributed by atoms with E-state index in [1.165, 1.54) is 0 Å². The fraction of sp³-hybridized carbons (Fsp3) is 0.600. The standard InChI is InChI=1S/C15H21Br4NO2/c1-10(2)20(19)8-14(21)9-22-15-4-3-12(17)5-11(15)6-13(18)7-16/h3-5,10,13-14,21H,6-9H2,1-2H3. The molecule has 0 aliphatic heterocycles. The van der Waals surface area contributed by atoms with Gasteiger partial charge in [0.05, 0.1) is 0 Å². The maximum atomic E-state index is 10.1. The van der Waals surface area contributed by atoms with E-state index in [1.807, 2.05) is 16.1 Å². The lowest BCUT2D eigenvalue weighted by molar-refractivity contribution is 0.0880. The first-order valence-electron chi connectivity index (χ1n) is 7.05. The molecule has 0 radical (unpaired) electrons. The Bertz CT molecular complexity index is 459. The van der Waals surface area contributed by atoms with Crippen molar-refractivity contribution in [1.29, 1.82) is 0 Å². The van der Waals surface area contributed by atoms with E-state index < -0.39 is 6.10 Å². The fourth-order valence-electron chi connectivity index (χ4n) is 1.79. The van der Waals surface area contributed by atoms with Crippen molar-refractivity contribution in [2.45, 2.75) is 37.2 Å². The molecule has 2 atom stereocenters. The molecule has 0 heterocycles. The van der Waals surface area contributed by atoms with E-state index in [9.17, 15) is 5.11 Å². The molecule has 1 aromatic carbocycles. The van der Waals surface area contributed by atoms with E-state index >= 15 is 0 Å². The van der Waals surface area contributed by atoms with Gasteiger partial charge in [-0.05, 0) is 44.0 Å². The Kier molecular flexibility index (Phi) is 10.1. The highest BCUT2D eigenvalue weighted by Gasteiger charge is 2.15. The molecule has 0 saturated carbocycles. The Morgan fingerprint density at radius 1 is 1.32 bits per heavy atom. The van der Waals surface area contributed by atoms with E-state index in [0.717, 1.165) is 27.5 Å². The molecular formula is C15H21Br4NO2. The molecule has 7 heteroatoms. The molecule has 22 heavy (non-hydrogen) atoms. The van der Waals surface area contributed by atoms with Gasteiger partial charge in [-0.3, -0.25) is 0 Å². The SMILES string of the molecule is CC(C)N(Br)CC(O)COc1ccc(Br)cc1CC(Br)CBr. The number of benzene rings is 1. The fourth-order valence-corrected chi connectivity index (χ4v) is 3.11. The van der Waals surface area contributed by atoms with Gasteiger partial charge in [0.1, 0.15) is 18.5 Å². The van der Waals surface area contributed by atoms with Crippen molar-refractivity contribution in [2.24, 2.45) is 0 Å². The molecule has 0 fully saturated rings. The summed E-state index contributed by atoms with van der Waals surface area (Å²) < 4.78 is 8.77. The average Bonchev–Trinajstić information content (AvgIpc) is 2.46. The number of nitrogens with zero attached hydrogens (tertiary/aromatic N) is 1. The van der Waals surface area contributed by atoms with Crippen LogP contribution in [0.15, 0.2) is 22.7 Å². The van der Waals surface area contributed by atoms with Crippen LogP contribution in [0.3, 0.4) is 0 Å². The quantitative estimate of drug-likeness (QED) is 0.341. The van der Waals surface area contributed by atoms with E-state index in [2.05, 4.69) is 83.9 Å². The normalized spacial score (nSPS) is 14.4. The van der Waals surface area contributed by atoms with E-state index in [-0.39, 0.29) is 6.61 Å². The number of hydrogen-bond donors (Lipinski definition) is 1. The first-order chi connectivity index (χ1) is 10.3. The van der Waals surface area contributed by atoms with Crippen molar-refractivity contribution in [2.75, 3.05) is 18.5 Å². The summed E-state index contributed by atoms with van der Waals surface area (Å²) in [4.78, 5) is 0.341. The Hall–Kier alpha value is 0.860. The van der Waals surface area contributed by atoms with E-state index in [1.54, 1.807) is 0 Å². The molecule has 1 N–H and O–H groups in total. The van der Waals surface area contributed by atoms with Crippen molar-refractivity contribution in [3.05, 3.63) is 28.2 Å².